The summed E-state index contributed by atoms with van der Waals surface area (Å²) in [6.07, 6.45) is 0. The molecular weight excluding hydrogens is 342 g/mol. The summed E-state index contributed by atoms with van der Waals surface area (Å²) in [6, 6.07) is 16.7. The summed E-state index contributed by atoms with van der Waals surface area (Å²) in [6.45, 7) is 3.57. The number of ether oxygens (including phenoxy) is 1. The molecule has 0 aliphatic carbocycles. The molecule has 0 atom stereocenters. The van der Waals surface area contributed by atoms with E-state index in [1.807, 2.05) is 36.4 Å². The molecule has 0 unspecified atom stereocenters. The van der Waals surface area contributed by atoms with E-state index in [4.69, 9.17) is 4.74 Å². The second-order valence-electron chi connectivity index (χ2n) is 6.17. The van der Waals surface area contributed by atoms with Gasteiger partial charge >= 0.3 is 5.97 Å². The zero-order valence-electron chi connectivity index (χ0n) is 15.0. The predicted octanol–water partition coefficient (Wildman–Crippen LogP) is 3.93. The Hall–Kier alpha value is -3.54. The Morgan fingerprint density at radius 3 is 2.52 bits per heavy atom. The van der Waals surface area contributed by atoms with Crippen molar-refractivity contribution in [2.75, 3.05) is 6.61 Å². The second-order valence-corrected chi connectivity index (χ2v) is 6.17. The lowest BCUT2D eigenvalue weighted by molar-refractivity contribution is 0.0516. The number of hydrogen-bond donors (Lipinski definition) is 0. The molecule has 0 radical (unpaired) electrons. The van der Waals surface area contributed by atoms with Gasteiger partial charge in [-0.1, -0.05) is 53.7 Å². The van der Waals surface area contributed by atoms with E-state index in [2.05, 4.69) is 10.3 Å². The minimum Gasteiger partial charge on any atom is -0.461 e. The van der Waals surface area contributed by atoms with Gasteiger partial charge < -0.3 is 4.74 Å². The van der Waals surface area contributed by atoms with Crippen molar-refractivity contribution in [2.24, 2.45) is 0 Å². The first-order valence-electron chi connectivity index (χ1n) is 8.66. The Bertz CT molecular complexity index is 1180. The van der Waals surface area contributed by atoms with Crippen LogP contribution >= 0.6 is 0 Å². The zero-order chi connectivity index (χ0) is 19.0. The molecular formula is C21H17N3O3. The summed E-state index contributed by atoms with van der Waals surface area (Å²) >= 11 is 0. The van der Waals surface area contributed by atoms with Crippen LogP contribution in [0.5, 0.6) is 0 Å². The van der Waals surface area contributed by atoms with Gasteiger partial charge in [0.15, 0.2) is 11.5 Å². The highest BCUT2D eigenvalue weighted by atomic mass is 16.5. The van der Waals surface area contributed by atoms with Crippen LogP contribution in [0.2, 0.25) is 0 Å². The van der Waals surface area contributed by atoms with Crippen LogP contribution in [0.3, 0.4) is 0 Å². The predicted molar refractivity (Wildman–Crippen MR) is 102 cm³/mol. The van der Waals surface area contributed by atoms with E-state index >= 15 is 0 Å². The van der Waals surface area contributed by atoms with Crippen LogP contribution in [-0.2, 0) is 4.74 Å². The number of carbonyl (C=O) groups is 2. The summed E-state index contributed by atoms with van der Waals surface area (Å²) in [4.78, 5) is 23.9. The van der Waals surface area contributed by atoms with Gasteiger partial charge in [0.1, 0.15) is 11.2 Å². The number of fused-ring (bicyclic) bond motifs is 3. The van der Waals surface area contributed by atoms with Gasteiger partial charge in [-0.2, -0.15) is 0 Å². The van der Waals surface area contributed by atoms with Crippen molar-refractivity contribution >= 4 is 28.0 Å². The minimum absolute atomic E-state index is 0.00409. The SMILES string of the molecule is CCOC(=O)c1cc2ccccc2c2c(-c3ccc(C(C)=O)cc3)nnn12. The second kappa shape index (κ2) is 6.64. The van der Waals surface area contributed by atoms with E-state index in [0.717, 1.165) is 21.9 Å². The molecule has 0 N–H and O–H groups in total. The number of benzene rings is 2. The molecule has 6 heteroatoms. The van der Waals surface area contributed by atoms with Crippen LogP contribution < -0.4 is 0 Å². The molecule has 4 aromatic rings. The topological polar surface area (TPSA) is 73.6 Å². The van der Waals surface area contributed by atoms with Gasteiger partial charge in [0.2, 0.25) is 0 Å². The first kappa shape index (κ1) is 16.9. The average Bonchev–Trinajstić information content (AvgIpc) is 3.13. The molecule has 4 rings (SSSR count). The quantitative estimate of drug-likeness (QED) is 0.408. The lowest BCUT2D eigenvalue weighted by atomic mass is 10.0. The van der Waals surface area contributed by atoms with E-state index in [9.17, 15) is 9.59 Å². The zero-order valence-corrected chi connectivity index (χ0v) is 15.0. The fourth-order valence-corrected chi connectivity index (χ4v) is 3.15. The van der Waals surface area contributed by atoms with Crippen molar-refractivity contribution in [1.29, 1.82) is 0 Å². The summed E-state index contributed by atoms with van der Waals surface area (Å²) in [5, 5.41) is 10.4. The largest absolute Gasteiger partial charge is 0.461 e. The van der Waals surface area contributed by atoms with Crippen molar-refractivity contribution in [3.63, 3.8) is 0 Å². The number of nitrogens with zero attached hydrogens (tertiary/aromatic N) is 3. The van der Waals surface area contributed by atoms with Crippen molar-refractivity contribution in [3.8, 4) is 11.3 Å². The van der Waals surface area contributed by atoms with Crippen LogP contribution in [0.4, 0.5) is 0 Å². The lowest BCUT2D eigenvalue weighted by Gasteiger charge is -2.08. The van der Waals surface area contributed by atoms with Gasteiger partial charge in [-0.3, -0.25) is 4.79 Å². The Labute approximate surface area is 155 Å². The molecule has 0 amide bonds. The van der Waals surface area contributed by atoms with Gasteiger partial charge in [0.25, 0.3) is 0 Å². The fourth-order valence-electron chi connectivity index (χ4n) is 3.15. The van der Waals surface area contributed by atoms with E-state index in [1.54, 1.807) is 25.1 Å². The number of Topliss-reactive ketones (excluding diaryl/α,β-unsaturated/α-hetero) is 1. The summed E-state index contributed by atoms with van der Waals surface area (Å²) in [5.41, 5.74) is 3.15. The van der Waals surface area contributed by atoms with Crippen LogP contribution in [0.1, 0.15) is 34.7 Å². The normalized spacial score (nSPS) is 11.0. The van der Waals surface area contributed by atoms with Gasteiger partial charge in [-0.15, -0.1) is 5.10 Å². The third kappa shape index (κ3) is 2.85. The third-order valence-electron chi connectivity index (χ3n) is 4.46. The Morgan fingerprint density at radius 2 is 1.81 bits per heavy atom. The van der Waals surface area contributed by atoms with Crippen LogP contribution in [0.25, 0.3) is 27.5 Å². The summed E-state index contributed by atoms with van der Waals surface area (Å²) in [5.74, 6) is -0.443. The maximum absolute atomic E-state index is 12.4. The number of esters is 1. The van der Waals surface area contributed by atoms with Gasteiger partial charge in [-0.05, 0) is 25.3 Å². The Kier molecular flexibility index (Phi) is 4.16. The number of pyridine rings is 1. The molecule has 0 aliphatic rings. The molecule has 0 spiro atoms. The van der Waals surface area contributed by atoms with Crippen LogP contribution in [0, 0.1) is 0 Å². The first-order valence-corrected chi connectivity index (χ1v) is 8.66. The Morgan fingerprint density at radius 1 is 1.07 bits per heavy atom. The molecule has 0 saturated heterocycles. The summed E-state index contributed by atoms with van der Waals surface area (Å²) in [7, 11) is 0. The molecule has 0 fully saturated rings. The van der Waals surface area contributed by atoms with E-state index in [0.29, 0.717) is 17.0 Å². The average molecular weight is 359 g/mol. The molecule has 27 heavy (non-hydrogen) atoms. The van der Waals surface area contributed by atoms with Crippen molar-refractivity contribution in [3.05, 3.63) is 65.9 Å². The maximum Gasteiger partial charge on any atom is 0.357 e. The van der Waals surface area contributed by atoms with Crippen molar-refractivity contribution < 1.29 is 14.3 Å². The fraction of sp³-hybridized carbons (Fsp3) is 0.143. The van der Waals surface area contributed by atoms with Crippen molar-refractivity contribution in [2.45, 2.75) is 13.8 Å². The highest BCUT2D eigenvalue weighted by molar-refractivity contribution is 6.05. The highest BCUT2D eigenvalue weighted by Crippen LogP contribution is 2.30. The number of aromatic nitrogens is 3. The standard InChI is InChI=1S/C21H17N3O3/c1-3-27-21(26)18-12-16-6-4-5-7-17(16)20-19(22-23-24(18)20)15-10-8-14(9-11-15)13(2)25/h4-12H,3H2,1-2H3. The smallest absolute Gasteiger partial charge is 0.357 e. The number of carbonyl (C=O) groups excluding carboxylic acids is 2. The monoisotopic (exact) mass is 359 g/mol. The lowest BCUT2D eigenvalue weighted by Crippen LogP contribution is -2.11. The van der Waals surface area contributed by atoms with E-state index in [-0.39, 0.29) is 12.4 Å². The van der Waals surface area contributed by atoms with E-state index in [1.165, 1.54) is 11.4 Å². The minimum atomic E-state index is -0.448. The molecule has 0 bridgehead atoms. The number of hydrogen-bond acceptors (Lipinski definition) is 5. The highest BCUT2D eigenvalue weighted by Gasteiger charge is 2.19. The van der Waals surface area contributed by atoms with Crippen molar-refractivity contribution in [1.82, 2.24) is 14.8 Å². The molecule has 2 aromatic heterocycles. The maximum atomic E-state index is 12.4. The summed E-state index contributed by atoms with van der Waals surface area (Å²) < 4.78 is 6.70. The van der Waals surface area contributed by atoms with Gasteiger partial charge in [0.05, 0.1) is 6.61 Å². The molecule has 0 aliphatic heterocycles. The Balaban J connectivity index is 2.00. The van der Waals surface area contributed by atoms with Gasteiger partial charge in [0, 0.05) is 16.5 Å². The molecule has 134 valence electrons. The van der Waals surface area contributed by atoms with E-state index < -0.39 is 5.97 Å². The van der Waals surface area contributed by atoms with Crippen LogP contribution in [-0.4, -0.2) is 33.2 Å². The third-order valence-corrected chi connectivity index (χ3v) is 4.46. The molecule has 0 saturated carbocycles. The number of rotatable bonds is 4. The van der Waals surface area contributed by atoms with Crippen LogP contribution in [0.15, 0.2) is 54.6 Å². The first-order chi connectivity index (χ1) is 13.1. The van der Waals surface area contributed by atoms with Gasteiger partial charge in [-0.25, -0.2) is 9.31 Å². The molecule has 2 aromatic carbocycles. The molecule has 6 nitrogen and oxygen atoms in total. The number of ketones is 1. The molecule has 2 heterocycles.